The second-order valence-electron chi connectivity index (χ2n) is 3.64. The lowest BCUT2D eigenvalue weighted by Gasteiger charge is -2.08. The number of rotatable bonds is 5. The van der Waals surface area contributed by atoms with Gasteiger partial charge in [0.2, 0.25) is 0 Å². The Morgan fingerprint density at radius 3 is 3.12 bits per heavy atom. The molecule has 2 rings (SSSR count). The molecule has 0 unspecified atom stereocenters. The van der Waals surface area contributed by atoms with Crippen molar-refractivity contribution < 1.29 is 4.74 Å². The lowest BCUT2D eigenvalue weighted by atomic mass is 10.2. The standard InChI is InChI=1S/C12H16N4O/c1-2-17-6-5-16-9-14-8-11(16)10-3-4-15-12(13)7-10/h3-4,7-9H,2,5-6H2,1H3,(H2,13,15). The van der Waals surface area contributed by atoms with Gasteiger partial charge >= 0.3 is 0 Å². The van der Waals surface area contributed by atoms with Crippen LogP contribution < -0.4 is 5.73 Å². The predicted molar refractivity (Wildman–Crippen MR) is 66.4 cm³/mol. The summed E-state index contributed by atoms with van der Waals surface area (Å²) in [5.74, 6) is 0.514. The zero-order valence-electron chi connectivity index (χ0n) is 9.84. The van der Waals surface area contributed by atoms with E-state index in [4.69, 9.17) is 10.5 Å². The first-order chi connectivity index (χ1) is 8.31. The molecule has 5 nitrogen and oxygen atoms in total. The predicted octanol–water partition coefficient (Wildman–Crippen LogP) is 1.56. The maximum atomic E-state index is 5.67. The van der Waals surface area contributed by atoms with Gasteiger partial charge in [0.25, 0.3) is 0 Å². The fraction of sp³-hybridized carbons (Fsp3) is 0.333. The molecule has 0 amide bonds. The Morgan fingerprint density at radius 1 is 1.47 bits per heavy atom. The summed E-state index contributed by atoms with van der Waals surface area (Å²) < 4.78 is 7.38. The monoisotopic (exact) mass is 232 g/mol. The van der Waals surface area contributed by atoms with Crippen LogP contribution in [-0.2, 0) is 11.3 Å². The Hall–Kier alpha value is -1.88. The highest BCUT2D eigenvalue weighted by molar-refractivity contribution is 5.61. The van der Waals surface area contributed by atoms with Gasteiger partial charge in [-0.3, -0.25) is 0 Å². The van der Waals surface area contributed by atoms with Crippen LogP contribution >= 0.6 is 0 Å². The number of ether oxygens (including phenoxy) is 1. The van der Waals surface area contributed by atoms with Gasteiger partial charge in [0.05, 0.1) is 24.8 Å². The van der Waals surface area contributed by atoms with Gasteiger partial charge in [-0.15, -0.1) is 0 Å². The van der Waals surface area contributed by atoms with Crippen LogP contribution in [0.3, 0.4) is 0 Å². The summed E-state index contributed by atoms with van der Waals surface area (Å²) in [6.45, 7) is 4.18. The summed E-state index contributed by atoms with van der Waals surface area (Å²) >= 11 is 0. The van der Waals surface area contributed by atoms with Crippen molar-refractivity contribution in [2.45, 2.75) is 13.5 Å². The molecular formula is C12H16N4O. The number of hydrogen-bond acceptors (Lipinski definition) is 4. The van der Waals surface area contributed by atoms with E-state index in [0.29, 0.717) is 12.4 Å². The summed E-state index contributed by atoms with van der Waals surface area (Å²) in [6, 6.07) is 3.76. The van der Waals surface area contributed by atoms with E-state index in [1.807, 2.05) is 29.8 Å². The number of anilines is 1. The molecule has 0 saturated carbocycles. The third-order valence-corrected chi connectivity index (χ3v) is 2.47. The van der Waals surface area contributed by atoms with Crippen LogP contribution in [0.15, 0.2) is 30.9 Å². The first-order valence-corrected chi connectivity index (χ1v) is 5.61. The fourth-order valence-electron chi connectivity index (χ4n) is 1.65. The maximum Gasteiger partial charge on any atom is 0.123 e. The average Bonchev–Trinajstić information content (AvgIpc) is 2.78. The van der Waals surface area contributed by atoms with Gasteiger partial charge in [0.15, 0.2) is 0 Å². The highest BCUT2D eigenvalue weighted by Crippen LogP contribution is 2.19. The van der Waals surface area contributed by atoms with E-state index < -0.39 is 0 Å². The quantitative estimate of drug-likeness (QED) is 0.794. The molecule has 0 bridgehead atoms. The lowest BCUT2D eigenvalue weighted by Crippen LogP contribution is -2.06. The molecule has 0 aliphatic rings. The summed E-state index contributed by atoms with van der Waals surface area (Å²) in [5.41, 5.74) is 7.72. The highest BCUT2D eigenvalue weighted by atomic mass is 16.5. The topological polar surface area (TPSA) is 66.0 Å². The van der Waals surface area contributed by atoms with Gasteiger partial charge in [-0.05, 0) is 19.1 Å². The van der Waals surface area contributed by atoms with E-state index in [1.54, 1.807) is 12.5 Å². The average molecular weight is 232 g/mol. The molecule has 0 spiro atoms. The number of pyridine rings is 1. The molecule has 0 aromatic carbocycles. The molecule has 0 aliphatic carbocycles. The van der Waals surface area contributed by atoms with Gasteiger partial charge in [-0.1, -0.05) is 0 Å². The van der Waals surface area contributed by atoms with Crippen molar-refractivity contribution >= 4 is 5.82 Å². The van der Waals surface area contributed by atoms with Crippen molar-refractivity contribution in [2.24, 2.45) is 0 Å². The van der Waals surface area contributed by atoms with Gasteiger partial charge in [0.1, 0.15) is 5.82 Å². The molecule has 90 valence electrons. The van der Waals surface area contributed by atoms with E-state index in [9.17, 15) is 0 Å². The van der Waals surface area contributed by atoms with Gasteiger partial charge in [-0.25, -0.2) is 9.97 Å². The van der Waals surface area contributed by atoms with Gasteiger partial charge < -0.3 is 15.0 Å². The number of hydrogen-bond donors (Lipinski definition) is 1. The molecule has 2 heterocycles. The molecule has 0 aliphatic heterocycles. The third-order valence-electron chi connectivity index (χ3n) is 2.47. The van der Waals surface area contributed by atoms with Crippen molar-refractivity contribution in [3.05, 3.63) is 30.9 Å². The van der Waals surface area contributed by atoms with Crippen LogP contribution in [0.4, 0.5) is 5.82 Å². The Kier molecular flexibility index (Phi) is 3.72. The molecule has 2 N–H and O–H groups in total. The Labute approximate surface area is 100 Å². The smallest absolute Gasteiger partial charge is 0.123 e. The van der Waals surface area contributed by atoms with E-state index >= 15 is 0 Å². The second kappa shape index (κ2) is 5.45. The van der Waals surface area contributed by atoms with E-state index in [-0.39, 0.29) is 0 Å². The summed E-state index contributed by atoms with van der Waals surface area (Å²) in [5, 5.41) is 0. The summed E-state index contributed by atoms with van der Waals surface area (Å²) in [7, 11) is 0. The van der Waals surface area contributed by atoms with Crippen molar-refractivity contribution in [1.29, 1.82) is 0 Å². The molecule has 0 saturated heterocycles. The molecule has 0 atom stereocenters. The maximum absolute atomic E-state index is 5.67. The van der Waals surface area contributed by atoms with Crippen molar-refractivity contribution in [2.75, 3.05) is 18.9 Å². The number of nitrogen functional groups attached to an aromatic ring is 1. The first kappa shape index (κ1) is 11.6. The molecule has 17 heavy (non-hydrogen) atoms. The minimum atomic E-state index is 0.514. The number of nitrogens with two attached hydrogens (primary N) is 1. The number of aromatic nitrogens is 3. The molecule has 5 heteroatoms. The third kappa shape index (κ3) is 2.82. The van der Waals surface area contributed by atoms with Crippen LogP contribution in [0, 0.1) is 0 Å². The molecular weight excluding hydrogens is 216 g/mol. The minimum absolute atomic E-state index is 0.514. The van der Waals surface area contributed by atoms with Crippen LogP contribution in [0.1, 0.15) is 6.92 Å². The molecule has 0 radical (unpaired) electrons. The van der Waals surface area contributed by atoms with E-state index in [1.165, 1.54) is 0 Å². The second-order valence-corrected chi connectivity index (χ2v) is 3.64. The highest BCUT2D eigenvalue weighted by Gasteiger charge is 2.05. The lowest BCUT2D eigenvalue weighted by molar-refractivity contribution is 0.139. The number of imidazole rings is 1. The molecule has 0 fully saturated rings. The number of nitrogens with zero attached hydrogens (tertiary/aromatic N) is 3. The fourth-order valence-corrected chi connectivity index (χ4v) is 1.65. The van der Waals surface area contributed by atoms with E-state index in [2.05, 4.69) is 9.97 Å². The van der Waals surface area contributed by atoms with Crippen molar-refractivity contribution in [1.82, 2.24) is 14.5 Å². The zero-order valence-corrected chi connectivity index (χ0v) is 9.84. The van der Waals surface area contributed by atoms with Gasteiger partial charge in [-0.2, -0.15) is 0 Å². The zero-order chi connectivity index (χ0) is 12.1. The van der Waals surface area contributed by atoms with Crippen molar-refractivity contribution in [3.63, 3.8) is 0 Å². The normalized spacial score (nSPS) is 10.6. The largest absolute Gasteiger partial charge is 0.384 e. The van der Waals surface area contributed by atoms with Crippen LogP contribution in [0.5, 0.6) is 0 Å². The first-order valence-electron chi connectivity index (χ1n) is 5.61. The summed E-state index contributed by atoms with van der Waals surface area (Å²) in [6.07, 6.45) is 5.32. The Balaban J connectivity index is 2.18. The SMILES string of the molecule is CCOCCn1cncc1-c1ccnc(N)c1. The van der Waals surface area contributed by atoms with Crippen molar-refractivity contribution in [3.8, 4) is 11.3 Å². The van der Waals surface area contributed by atoms with Gasteiger partial charge in [0, 0.05) is 24.9 Å². The Bertz CT molecular complexity index is 481. The summed E-state index contributed by atoms with van der Waals surface area (Å²) in [4.78, 5) is 8.13. The molecule has 2 aromatic rings. The molecule has 2 aromatic heterocycles. The van der Waals surface area contributed by atoms with Crippen LogP contribution in [0.2, 0.25) is 0 Å². The minimum Gasteiger partial charge on any atom is -0.384 e. The van der Waals surface area contributed by atoms with Crippen LogP contribution in [0.25, 0.3) is 11.3 Å². The van der Waals surface area contributed by atoms with E-state index in [0.717, 1.165) is 24.4 Å². The Morgan fingerprint density at radius 2 is 2.35 bits per heavy atom. The van der Waals surface area contributed by atoms with Crippen LogP contribution in [-0.4, -0.2) is 27.7 Å².